The molecule has 0 spiro atoms. The third kappa shape index (κ3) is 13.8. The van der Waals surface area contributed by atoms with E-state index < -0.39 is 96.2 Å². The van der Waals surface area contributed by atoms with Gasteiger partial charge in [-0.1, -0.05) is 94.5 Å². The van der Waals surface area contributed by atoms with Gasteiger partial charge in [-0.05, 0) is 67.1 Å². The van der Waals surface area contributed by atoms with Crippen molar-refractivity contribution < 1.29 is 43.5 Å². The monoisotopic (exact) mass is 958 g/mol. The lowest BCUT2D eigenvalue weighted by Crippen LogP contribution is -2.60. The number of aliphatic hydroxyl groups excluding tert-OH is 1. The van der Waals surface area contributed by atoms with Crippen LogP contribution in [0.1, 0.15) is 108 Å². The van der Waals surface area contributed by atoms with E-state index in [4.69, 9.17) is 17.2 Å². The smallest absolute Gasteiger partial charge is 0.250 e. The van der Waals surface area contributed by atoms with Gasteiger partial charge in [-0.2, -0.15) is 0 Å². The van der Waals surface area contributed by atoms with Crippen LogP contribution in [0.4, 0.5) is 5.69 Å². The molecule has 0 bridgehead atoms. The topological polar surface area (TPSA) is 305 Å². The second-order valence-corrected chi connectivity index (χ2v) is 19.0. The number of para-hydroxylation sites is 1. The van der Waals surface area contributed by atoms with Gasteiger partial charge in [0.25, 0.3) is 0 Å². The molecule has 3 aliphatic rings. The normalized spacial score (nSPS) is 18.8. The summed E-state index contributed by atoms with van der Waals surface area (Å²) in [4.78, 5) is 119. The Morgan fingerprint density at radius 2 is 1.48 bits per heavy atom. The number of nitrogens with two attached hydrogens (primary N) is 3. The van der Waals surface area contributed by atoms with E-state index in [1.54, 1.807) is 36.4 Å². The molecule has 69 heavy (non-hydrogen) atoms. The van der Waals surface area contributed by atoms with Crippen molar-refractivity contribution in [2.75, 3.05) is 32.1 Å². The Labute approximate surface area is 403 Å². The molecule has 376 valence electrons. The molecule has 5 rings (SSSR count). The lowest BCUT2D eigenvalue weighted by atomic mass is 9.84. The van der Waals surface area contributed by atoms with Crippen molar-refractivity contribution in [1.82, 2.24) is 31.1 Å². The van der Waals surface area contributed by atoms with Crippen molar-refractivity contribution >= 4 is 58.9 Å². The van der Waals surface area contributed by atoms with Crippen molar-refractivity contribution in [3.63, 3.8) is 0 Å². The second kappa shape index (κ2) is 24.6. The van der Waals surface area contributed by atoms with Gasteiger partial charge in [-0.25, -0.2) is 0 Å². The van der Waals surface area contributed by atoms with Gasteiger partial charge in [0.05, 0.1) is 12.3 Å². The first kappa shape index (κ1) is 53.4. The van der Waals surface area contributed by atoms with E-state index in [2.05, 4.69) is 26.3 Å². The summed E-state index contributed by atoms with van der Waals surface area (Å²) >= 11 is 0. The maximum atomic E-state index is 14.8. The minimum absolute atomic E-state index is 0.000578. The van der Waals surface area contributed by atoms with Gasteiger partial charge >= 0.3 is 0 Å². The summed E-state index contributed by atoms with van der Waals surface area (Å²) in [7, 11) is 2.81. The molecule has 0 saturated heterocycles. The Morgan fingerprint density at radius 1 is 0.812 bits per heavy atom. The molecular weight excluding hydrogens is 887 g/mol. The highest BCUT2D eigenvalue weighted by atomic mass is 16.3. The molecule has 0 unspecified atom stereocenters. The quantitative estimate of drug-likeness (QED) is 0.0455. The number of guanidine groups is 1. The van der Waals surface area contributed by atoms with Crippen LogP contribution in [-0.2, 0) is 51.2 Å². The van der Waals surface area contributed by atoms with Crippen LogP contribution in [0.2, 0.25) is 0 Å². The van der Waals surface area contributed by atoms with Crippen molar-refractivity contribution in [1.29, 1.82) is 0 Å². The molecule has 2 aromatic carbocycles. The van der Waals surface area contributed by atoms with Gasteiger partial charge in [0.1, 0.15) is 42.3 Å². The lowest BCUT2D eigenvalue weighted by Gasteiger charge is -2.34. The molecule has 7 atom stereocenters. The maximum absolute atomic E-state index is 14.8. The van der Waals surface area contributed by atoms with E-state index in [1.807, 2.05) is 26.0 Å². The van der Waals surface area contributed by atoms with Crippen LogP contribution in [0.15, 0.2) is 53.5 Å². The summed E-state index contributed by atoms with van der Waals surface area (Å²) in [5.41, 5.74) is 19.1. The molecule has 2 aromatic rings. The van der Waals surface area contributed by atoms with Gasteiger partial charge in [0.2, 0.25) is 47.3 Å². The van der Waals surface area contributed by atoms with Gasteiger partial charge in [-0.15, -0.1) is 0 Å². The molecule has 2 aliphatic heterocycles. The average molecular weight is 958 g/mol. The fourth-order valence-corrected chi connectivity index (χ4v) is 9.82. The number of nitrogens with one attached hydrogen (secondary N) is 4. The number of benzene rings is 2. The molecule has 0 aromatic heterocycles. The molecule has 20 heteroatoms. The number of hydrogen-bond donors (Lipinski definition) is 8. The minimum Gasteiger partial charge on any atom is -0.394 e. The van der Waals surface area contributed by atoms with Crippen molar-refractivity contribution in [3.05, 3.63) is 65.2 Å². The number of likely N-dealkylation sites (N-methyl/N-ethyl adjacent to an activating group) is 2. The maximum Gasteiger partial charge on any atom is 0.250 e. The molecule has 1 fully saturated rings. The third-order valence-corrected chi connectivity index (χ3v) is 13.3. The molecule has 11 N–H and O–H groups in total. The Morgan fingerprint density at radius 3 is 2.10 bits per heavy atom. The first-order chi connectivity index (χ1) is 32.8. The first-order valence-corrected chi connectivity index (χ1v) is 24.0. The average Bonchev–Trinajstić information content (AvgIpc) is 3.65. The van der Waals surface area contributed by atoms with E-state index in [1.165, 1.54) is 30.8 Å². The Kier molecular flexibility index (Phi) is 19.1. The fourth-order valence-electron chi connectivity index (χ4n) is 9.82. The standard InChI is InChI=1S/C49H71N11O9/c1-28(2)24-38(42(50)63)58(4)47(68)37(27-61)57-44(65)39-26-33-19-12-18-32-21-22-35(48(69)60(39)40(32)33)56-45(66)41(31-16-10-7-11-17-31)59(5)46(67)34(20-13-23-53-49(51)52)55-43(64)36(54-29(3)62)25-30-14-8-6-9-15-30/h7,10-12,16-19,28,30,34-39,41,61H,6,8-9,13-15,20-27H2,1-5H3,(H2,50,63)(H,54,62)(H,55,64)(H,56,66)(H,57,65)(H4,51,52,53)/t34-,35-,36-,37-,38-,39-,41-/m0/s1. The van der Waals surface area contributed by atoms with E-state index in [0.717, 1.165) is 42.6 Å². The largest absolute Gasteiger partial charge is 0.394 e. The van der Waals surface area contributed by atoms with Crippen LogP contribution >= 0.6 is 0 Å². The van der Waals surface area contributed by atoms with Gasteiger partial charge in [0.15, 0.2) is 5.96 Å². The number of rotatable bonds is 22. The van der Waals surface area contributed by atoms with Crippen LogP contribution in [0.25, 0.3) is 0 Å². The first-order valence-electron chi connectivity index (χ1n) is 24.0. The lowest BCUT2D eigenvalue weighted by molar-refractivity contribution is -0.143. The van der Waals surface area contributed by atoms with Crippen molar-refractivity contribution in [2.24, 2.45) is 34.0 Å². The number of aliphatic hydroxyl groups is 1. The number of primary amides is 1. The zero-order valence-electron chi connectivity index (χ0n) is 40.4. The number of aliphatic imine (C=N–C) groups is 1. The predicted octanol–water partition coefficient (Wildman–Crippen LogP) is 0.424. The Bertz CT molecular complexity index is 2210. The molecule has 8 amide bonds. The summed E-state index contributed by atoms with van der Waals surface area (Å²) in [6.07, 6.45) is 6.56. The summed E-state index contributed by atoms with van der Waals surface area (Å²) in [5.74, 6) is -5.01. The summed E-state index contributed by atoms with van der Waals surface area (Å²) in [6.45, 7) is 4.41. The van der Waals surface area contributed by atoms with Gasteiger partial charge < -0.3 is 53.4 Å². The van der Waals surface area contributed by atoms with Crippen molar-refractivity contribution in [2.45, 2.75) is 140 Å². The Balaban J connectivity index is 1.40. The highest BCUT2D eigenvalue weighted by Gasteiger charge is 2.46. The van der Waals surface area contributed by atoms with Crippen LogP contribution < -0.4 is 43.4 Å². The highest BCUT2D eigenvalue weighted by molar-refractivity contribution is 6.09. The molecule has 1 saturated carbocycles. The Hall–Kier alpha value is -6.57. The van der Waals surface area contributed by atoms with E-state index in [9.17, 15) is 43.5 Å². The summed E-state index contributed by atoms with van der Waals surface area (Å²) in [5, 5.41) is 21.5. The predicted molar refractivity (Wildman–Crippen MR) is 258 cm³/mol. The van der Waals surface area contributed by atoms with Crippen LogP contribution in [0, 0.1) is 11.8 Å². The van der Waals surface area contributed by atoms with Crippen LogP contribution in [-0.4, -0.2) is 132 Å². The number of carbonyl (C=O) groups excluding carboxylic acids is 8. The minimum atomic E-state index is -1.47. The highest BCUT2D eigenvalue weighted by Crippen LogP contribution is 2.39. The summed E-state index contributed by atoms with van der Waals surface area (Å²) < 4.78 is 0. The SMILES string of the molecule is CC(=O)N[C@@H](CC1CCCCC1)C(=O)N[C@@H](CCCN=C(N)N)C(=O)N(C)[C@H](C(=O)N[C@H]1CCc2cccc3c2N(C1=O)[C@H](C(=O)N[C@@H](CO)C(=O)N(C)[C@@H](CC(C)C)C(N)=O)C3)c1ccccc1. The van der Waals surface area contributed by atoms with E-state index in [-0.39, 0.29) is 56.4 Å². The van der Waals surface area contributed by atoms with Crippen LogP contribution in [0.5, 0.6) is 0 Å². The second-order valence-electron chi connectivity index (χ2n) is 19.0. The molecule has 0 radical (unpaired) electrons. The van der Waals surface area contributed by atoms with Gasteiger partial charge in [-0.3, -0.25) is 48.2 Å². The zero-order chi connectivity index (χ0) is 50.5. The number of hydrogen-bond acceptors (Lipinski definition) is 10. The number of carbonyl (C=O) groups is 8. The fraction of sp³-hybridized carbons (Fsp3) is 0.571. The summed E-state index contributed by atoms with van der Waals surface area (Å²) in [6, 6.07) is 5.70. The van der Waals surface area contributed by atoms with E-state index >= 15 is 0 Å². The van der Waals surface area contributed by atoms with Gasteiger partial charge in [0, 0.05) is 34.0 Å². The number of amides is 8. The number of aryl methyl sites for hydroxylation is 1. The molecule has 2 heterocycles. The number of nitrogens with zero attached hydrogens (tertiary/aromatic N) is 4. The van der Waals surface area contributed by atoms with Crippen LogP contribution in [0.3, 0.4) is 0 Å². The molecule has 1 aliphatic carbocycles. The zero-order valence-corrected chi connectivity index (χ0v) is 40.4. The third-order valence-electron chi connectivity index (χ3n) is 13.3. The molecule has 20 nitrogen and oxygen atoms in total. The van der Waals surface area contributed by atoms with E-state index in [0.29, 0.717) is 29.7 Å². The molecular formula is C49H71N11O9. The van der Waals surface area contributed by atoms with Crippen molar-refractivity contribution in [3.8, 4) is 0 Å². The number of anilines is 1.